The van der Waals surface area contributed by atoms with Crippen molar-refractivity contribution < 1.29 is 5.11 Å². The lowest BCUT2D eigenvalue weighted by molar-refractivity contribution is 0.110. The molecule has 2 saturated carbocycles. The number of aliphatic hydroxyl groups is 1. The van der Waals surface area contributed by atoms with Gasteiger partial charge in [-0.3, -0.25) is 0 Å². The predicted octanol–water partition coefficient (Wildman–Crippen LogP) is 2.46. The zero-order chi connectivity index (χ0) is 10.7. The molecular weight excluding hydrogens is 186 g/mol. The minimum atomic E-state index is -0.0969. The first-order chi connectivity index (χ1) is 7.27. The molecule has 4 atom stereocenters. The Morgan fingerprint density at radius 2 is 1.60 bits per heavy atom. The molecule has 0 heterocycles. The molecule has 0 aromatic heterocycles. The highest BCUT2D eigenvalue weighted by Crippen LogP contribution is 2.27. The Morgan fingerprint density at radius 3 is 2.33 bits per heavy atom. The van der Waals surface area contributed by atoms with Crippen LogP contribution in [0.2, 0.25) is 0 Å². The second kappa shape index (κ2) is 5.31. The summed E-state index contributed by atoms with van der Waals surface area (Å²) in [5, 5.41) is 13.7. The average molecular weight is 211 g/mol. The van der Waals surface area contributed by atoms with E-state index in [0.717, 1.165) is 12.3 Å². The molecular formula is C13H25NO. The molecule has 0 amide bonds. The van der Waals surface area contributed by atoms with E-state index in [9.17, 15) is 5.11 Å². The van der Waals surface area contributed by atoms with Crippen LogP contribution < -0.4 is 5.32 Å². The Labute approximate surface area is 93.5 Å². The Kier molecular flexibility index (Phi) is 4.04. The van der Waals surface area contributed by atoms with Gasteiger partial charge in [-0.15, -0.1) is 0 Å². The summed E-state index contributed by atoms with van der Waals surface area (Å²) in [7, 11) is 0. The third-order valence-corrected chi connectivity index (χ3v) is 4.27. The van der Waals surface area contributed by atoms with Crippen LogP contribution in [0.5, 0.6) is 0 Å². The third kappa shape index (κ3) is 2.94. The lowest BCUT2D eigenvalue weighted by atomic mass is 10.0. The van der Waals surface area contributed by atoms with Crippen LogP contribution in [0, 0.1) is 5.92 Å². The molecule has 0 aromatic carbocycles. The van der Waals surface area contributed by atoms with Crippen molar-refractivity contribution in [3.05, 3.63) is 0 Å². The molecule has 0 bridgehead atoms. The molecule has 4 unspecified atom stereocenters. The zero-order valence-electron chi connectivity index (χ0n) is 9.91. The molecule has 0 saturated heterocycles. The summed E-state index contributed by atoms with van der Waals surface area (Å²) >= 11 is 0. The molecule has 2 heteroatoms. The highest BCUT2D eigenvalue weighted by Gasteiger charge is 2.29. The van der Waals surface area contributed by atoms with Crippen LogP contribution in [0.25, 0.3) is 0 Å². The largest absolute Gasteiger partial charge is 0.392 e. The standard InChI is InChI=1S/C13H25NO/c1-10-6-5-8-11(10)14-12-7-3-2-4-9-13(12)15/h10-15H,2-9H2,1H3. The Morgan fingerprint density at radius 1 is 0.867 bits per heavy atom. The van der Waals surface area contributed by atoms with Crippen molar-refractivity contribution in [1.82, 2.24) is 5.32 Å². The van der Waals surface area contributed by atoms with Gasteiger partial charge in [0.2, 0.25) is 0 Å². The molecule has 2 N–H and O–H groups in total. The molecule has 15 heavy (non-hydrogen) atoms. The van der Waals surface area contributed by atoms with Crippen molar-refractivity contribution in [3.8, 4) is 0 Å². The van der Waals surface area contributed by atoms with Crippen molar-refractivity contribution in [3.63, 3.8) is 0 Å². The van der Waals surface area contributed by atoms with Gasteiger partial charge in [0.05, 0.1) is 6.10 Å². The third-order valence-electron chi connectivity index (χ3n) is 4.27. The second-order valence-corrected chi connectivity index (χ2v) is 5.49. The summed E-state index contributed by atoms with van der Waals surface area (Å²) < 4.78 is 0. The molecule has 2 aliphatic rings. The Bertz CT molecular complexity index is 195. The number of hydrogen-bond acceptors (Lipinski definition) is 2. The van der Waals surface area contributed by atoms with Crippen molar-refractivity contribution in [2.75, 3.05) is 0 Å². The van der Waals surface area contributed by atoms with Crippen molar-refractivity contribution in [1.29, 1.82) is 0 Å². The van der Waals surface area contributed by atoms with Crippen LogP contribution in [-0.4, -0.2) is 23.3 Å². The summed E-state index contributed by atoms with van der Waals surface area (Å²) in [5.41, 5.74) is 0. The first-order valence-corrected chi connectivity index (χ1v) is 6.71. The second-order valence-electron chi connectivity index (χ2n) is 5.49. The maximum atomic E-state index is 10.0. The topological polar surface area (TPSA) is 32.3 Å². The van der Waals surface area contributed by atoms with E-state index in [1.54, 1.807) is 0 Å². The van der Waals surface area contributed by atoms with Gasteiger partial charge in [-0.2, -0.15) is 0 Å². The lowest BCUT2D eigenvalue weighted by Crippen LogP contribution is -2.45. The van der Waals surface area contributed by atoms with Gasteiger partial charge >= 0.3 is 0 Å². The monoisotopic (exact) mass is 211 g/mol. The molecule has 0 spiro atoms. The summed E-state index contributed by atoms with van der Waals surface area (Å²) in [6.07, 6.45) is 9.90. The van der Waals surface area contributed by atoms with E-state index in [2.05, 4.69) is 12.2 Å². The van der Waals surface area contributed by atoms with Gasteiger partial charge in [-0.25, -0.2) is 0 Å². The van der Waals surface area contributed by atoms with Gasteiger partial charge in [0, 0.05) is 12.1 Å². The van der Waals surface area contributed by atoms with Gasteiger partial charge in [0.1, 0.15) is 0 Å². The smallest absolute Gasteiger partial charge is 0.0693 e. The van der Waals surface area contributed by atoms with Gasteiger partial charge in [-0.1, -0.05) is 32.6 Å². The minimum absolute atomic E-state index is 0.0969. The summed E-state index contributed by atoms with van der Waals surface area (Å²) in [4.78, 5) is 0. The van der Waals surface area contributed by atoms with E-state index in [0.29, 0.717) is 12.1 Å². The fourth-order valence-corrected chi connectivity index (χ4v) is 3.15. The fourth-order valence-electron chi connectivity index (χ4n) is 3.15. The van der Waals surface area contributed by atoms with Crippen LogP contribution in [0.1, 0.15) is 58.3 Å². The van der Waals surface area contributed by atoms with Gasteiger partial charge in [0.15, 0.2) is 0 Å². The number of aliphatic hydroxyl groups excluding tert-OH is 1. The quantitative estimate of drug-likeness (QED) is 0.688. The molecule has 2 nitrogen and oxygen atoms in total. The van der Waals surface area contributed by atoms with Crippen LogP contribution in [0.3, 0.4) is 0 Å². The van der Waals surface area contributed by atoms with E-state index >= 15 is 0 Å². The van der Waals surface area contributed by atoms with Gasteiger partial charge in [-0.05, 0) is 31.6 Å². The summed E-state index contributed by atoms with van der Waals surface area (Å²) in [6.45, 7) is 2.34. The number of nitrogens with one attached hydrogen (secondary N) is 1. The zero-order valence-corrected chi connectivity index (χ0v) is 9.91. The average Bonchev–Trinajstić information content (AvgIpc) is 2.50. The molecule has 88 valence electrons. The van der Waals surface area contributed by atoms with Crippen LogP contribution in [-0.2, 0) is 0 Å². The van der Waals surface area contributed by atoms with E-state index < -0.39 is 0 Å². The van der Waals surface area contributed by atoms with E-state index in [1.807, 2.05) is 0 Å². The predicted molar refractivity (Wildman–Crippen MR) is 62.8 cm³/mol. The van der Waals surface area contributed by atoms with Crippen LogP contribution >= 0.6 is 0 Å². The van der Waals surface area contributed by atoms with Crippen molar-refractivity contribution in [2.45, 2.75) is 76.5 Å². The molecule has 2 rings (SSSR count). The van der Waals surface area contributed by atoms with Gasteiger partial charge in [0.25, 0.3) is 0 Å². The lowest BCUT2D eigenvalue weighted by Gasteiger charge is -2.28. The minimum Gasteiger partial charge on any atom is -0.392 e. The number of rotatable bonds is 2. The maximum Gasteiger partial charge on any atom is 0.0693 e. The molecule has 2 aliphatic carbocycles. The molecule has 0 radical (unpaired) electrons. The SMILES string of the molecule is CC1CCCC1NC1CCCCCC1O. The number of hydrogen-bond donors (Lipinski definition) is 2. The van der Waals surface area contributed by atoms with E-state index in [4.69, 9.17) is 0 Å². The fraction of sp³-hybridized carbons (Fsp3) is 1.00. The normalized spacial score (nSPS) is 42.8. The highest BCUT2D eigenvalue weighted by atomic mass is 16.3. The molecule has 0 aromatic rings. The first-order valence-electron chi connectivity index (χ1n) is 6.71. The highest BCUT2D eigenvalue weighted by molar-refractivity contribution is 4.87. The van der Waals surface area contributed by atoms with E-state index in [-0.39, 0.29) is 6.10 Å². The summed E-state index contributed by atoms with van der Waals surface area (Å²) in [5.74, 6) is 0.806. The van der Waals surface area contributed by atoms with Crippen molar-refractivity contribution >= 4 is 0 Å². The molecule has 0 aliphatic heterocycles. The first kappa shape index (κ1) is 11.4. The van der Waals surface area contributed by atoms with E-state index in [1.165, 1.54) is 44.9 Å². The van der Waals surface area contributed by atoms with Gasteiger partial charge < -0.3 is 10.4 Å². The summed E-state index contributed by atoms with van der Waals surface area (Å²) in [6, 6.07) is 1.04. The Balaban J connectivity index is 1.85. The van der Waals surface area contributed by atoms with Crippen molar-refractivity contribution in [2.24, 2.45) is 5.92 Å². The molecule has 2 fully saturated rings. The maximum absolute atomic E-state index is 10.0. The van der Waals surface area contributed by atoms with Crippen LogP contribution in [0.15, 0.2) is 0 Å². The van der Waals surface area contributed by atoms with Crippen LogP contribution in [0.4, 0.5) is 0 Å². The Hall–Kier alpha value is -0.0800.